The fraction of sp³-hybridized carbons (Fsp3) is 0.571. The van der Waals surface area contributed by atoms with Gasteiger partial charge in [-0.2, -0.15) is 10.4 Å². The summed E-state index contributed by atoms with van der Waals surface area (Å²) >= 11 is 0. The highest BCUT2D eigenvalue weighted by atomic mass is 16.5. The van der Waals surface area contributed by atoms with Crippen LogP contribution in [-0.2, 0) is 9.53 Å². The predicted molar refractivity (Wildman–Crippen MR) is 75.2 cm³/mol. The molecule has 1 aromatic heterocycles. The first kappa shape index (κ1) is 15.9. The third-order valence-electron chi connectivity index (χ3n) is 3.04. The lowest BCUT2D eigenvalue weighted by atomic mass is 10.1. The number of aryl methyl sites for hydroxylation is 1. The van der Waals surface area contributed by atoms with E-state index >= 15 is 0 Å². The Kier molecular flexibility index (Phi) is 5.91. The number of aromatic nitrogens is 2. The van der Waals surface area contributed by atoms with E-state index in [0.717, 1.165) is 11.3 Å². The standard InChI is InChI=1S/C14H20N4O2/c1-5-20-13(19)7-6-9(2)16-14-12(8-15)10(3)11(4)17-18-14/h9H,5-7H2,1-4H3,(H,16,18). The quantitative estimate of drug-likeness (QED) is 0.800. The summed E-state index contributed by atoms with van der Waals surface area (Å²) in [5.41, 5.74) is 2.06. The smallest absolute Gasteiger partial charge is 0.305 e. The number of ether oxygens (including phenoxy) is 1. The summed E-state index contributed by atoms with van der Waals surface area (Å²) < 4.78 is 4.88. The largest absolute Gasteiger partial charge is 0.466 e. The van der Waals surface area contributed by atoms with Gasteiger partial charge in [-0.05, 0) is 39.7 Å². The van der Waals surface area contributed by atoms with Gasteiger partial charge in [-0.15, -0.1) is 5.10 Å². The summed E-state index contributed by atoms with van der Waals surface area (Å²) in [6.07, 6.45) is 0.945. The molecule has 1 rings (SSSR count). The molecule has 0 saturated heterocycles. The molecule has 0 bridgehead atoms. The van der Waals surface area contributed by atoms with Gasteiger partial charge in [0.05, 0.1) is 12.3 Å². The van der Waals surface area contributed by atoms with Crippen LogP contribution in [0, 0.1) is 25.2 Å². The average molecular weight is 276 g/mol. The summed E-state index contributed by atoms with van der Waals surface area (Å²) in [5, 5.41) is 20.3. The average Bonchev–Trinajstić information content (AvgIpc) is 2.41. The number of nitriles is 1. The molecule has 0 aromatic carbocycles. The van der Waals surface area contributed by atoms with E-state index in [-0.39, 0.29) is 12.0 Å². The van der Waals surface area contributed by atoms with Crippen molar-refractivity contribution in [1.29, 1.82) is 5.26 Å². The molecule has 1 atom stereocenters. The first-order chi connectivity index (χ1) is 9.49. The maximum atomic E-state index is 11.3. The highest BCUT2D eigenvalue weighted by molar-refractivity contribution is 5.69. The maximum absolute atomic E-state index is 11.3. The summed E-state index contributed by atoms with van der Waals surface area (Å²) in [6, 6.07) is 2.14. The second-order valence-electron chi connectivity index (χ2n) is 4.63. The van der Waals surface area contributed by atoms with Crippen LogP contribution in [0.25, 0.3) is 0 Å². The minimum Gasteiger partial charge on any atom is -0.466 e. The first-order valence-corrected chi connectivity index (χ1v) is 6.65. The van der Waals surface area contributed by atoms with Gasteiger partial charge in [0, 0.05) is 12.5 Å². The van der Waals surface area contributed by atoms with Crippen LogP contribution >= 0.6 is 0 Å². The fourth-order valence-electron chi connectivity index (χ4n) is 1.72. The summed E-state index contributed by atoms with van der Waals surface area (Å²) in [6.45, 7) is 7.76. The zero-order valence-corrected chi connectivity index (χ0v) is 12.4. The van der Waals surface area contributed by atoms with E-state index in [0.29, 0.717) is 30.8 Å². The predicted octanol–water partition coefficient (Wildman–Crippen LogP) is 2.11. The Balaban J connectivity index is 2.67. The lowest BCUT2D eigenvalue weighted by molar-refractivity contribution is -0.143. The fourth-order valence-corrected chi connectivity index (χ4v) is 1.72. The molecule has 20 heavy (non-hydrogen) atoms. The number of anilines is 1. The van der Waals surface area contributed by atoms with Gasteiger partial charge in [0.2, 0.25) is 0 Å². The Bertz CT molecular complexity index is 523. The van der Waals surface area contributed by atoms with Crippen LogP contribution in [0.3, 0.4) is 0 Å². The van der Waals surface area contributed by atoms with Gasteiger partial charge in [-0.25, -0.2) is 0 Å². The number of nitrogens with zero attached hydrogens (tertiary/aromatic N) is 3. The minimum atomic E-state index is -0.215. The molecule has 1 N–H and O–H groups in total. The van der Waals surface area contributed by atoms with Crippen molar-refractivity contribution in [2.75, 3.05) is 11.9 Å². The molecule has 0 amide bonds. The SMILES string of the molecule is CCOC(=O)CCC(C)Nc1nnc(C)c(C)c1C#N. The van der Waals surface area contributed by atoms with Crippen molar-refractivity contribution in [1.82, 2.24) is 10.2 Å². The van der Waals surface area contributed by atoms with Crippen LogP contribution in [0.5, 0.6) is 0 Å². The van der Waals surface area contributed by atoms with Crippen molar-refractivity contribution in [3.63, 3.8) is 0 Å². The number of carbonyl (C=O) groups excluding carboxylic acids is 1. The van der Waals surface area contributed by atoms with Crippen LogP contribution in [0.2, 0.25) is 0 Å². The molecule has 6 nitrogen and oxygen atoms in total. The second kappa shape index (κ2) is 7.43. The molecule has 0 aliphatic heterocycles. The lowest BCUT2D eigenvalue weighted by Crippen LogP contribution is -2.20. The van der Waals surface area contributed by atoms with Gasteiger partial charge in [0.1, 0.15) is 11.6 Å². The Morgan fingerprint density at radius 1 is 1.45 bits per heavy atom. The van der Waals surface area contributed by atoms with Crippen LogP contribution in [0.15, 0.2) is 0 Å². The molecule has 0 fully saturated rings. The van der Waals surface area contributed by atoms with Crippen molar-refractivity contribution in [3.05, 3.63) is 16.8 Å². The van der Waals surface area contributed by atoms with Crippen LogP contribution < -0.4 is 5.32 Å². The molecular formula is C14H20N4O2. The summed E-state index contributed by atoms with van der Waals surface area (Å²) in [7, 11) is 0. The van der Waals surface area contributed by atoms with Gasteiger partial charge in [0.25, 0.3) is 0 Å². The zero-order chi connectivity index (χ0) is 15.1. The van der Waals surface area contributed by atoms with E-state index in [2.05, 4.69) is 21.6 Å². The molecule has 6 heteroatoms. The Labute approximate surface area is 119 Å². The molecule has 108 valence electrons. The van der Waals surface area contributed by atoms with E-state index < -0.39 is 0 Å². The Morgan fingerprint density at radius 3 is 2.75 bits per heavy atom. The van der Waals surface area contributed by atoms with Gasteiger partial charge < -0.3 is 10.1 Å². The Hall–Kier alpha value is -2.16. The van der Waals surface area contributed by atoms with Crippen LogP contribution in [-0.4, -0.2) is 28.8 Å². The van der Waals surface area contributed by atoms with Crippen LogP contribution in [0.4, 0.5) is 5.82 Å². The highest BCUT2D eigenvalue weighted by Crippen LogP contribution is 2.18. The molecule has 0 spiro atoms. The van der Waals surface area contributed by atoms with Crippen molar-refractivity contribution in [2.24, 2.45) is 0 Å². The van der Waals surface area contributed by atoms with Crippen molar-refractivity contribution in [3.8, 4) is 6.07 Å². The van der Waals surface area contributed by atoms with E-state index in [1.165, 1.54) is 0 Å². The van der Waals surface area contributed by atoms with E-state index in [1.54, 1.807) is 6.92 Å². The number of rotatable bonds is 6. The third kappa shape index (κ3) is 4.19. The first-order valence-electron chi connectivity index (χ1n) is 6.65. The number of hydrogen-bond donors (Lipinski definition) is 1. The third-order valence-corrected chi connectivity index (χ3v) is 3.04. The molecule has 1 unspecified atom stereocenters. The number of nitrogens with one attached hydrogen (secondary N) is 1. The van der Waals surface area contributed by atoms with Crippen molar-refractivity contribution < 1.29 is 9.53 Å². The lowest BCUT2D eigenvalue weighted by Gasteiger charge is -2.15. The van der Waals surface area contributed by atoms with E-state index in [4.69, 9.17) is 4.74 Å². The van der Waals surface area contributed by atoms with Crippen LogP contribution in [0.1, 0.15) is 43.5 Å². The second-order valence-corrected chi connectivity index (χ2v) is 4.63. The molecule has 0 saturated carbocycles. The number of hydrogen-bond acceptors (Lipinski definition) is 6. The van der Waals surface area contributed by atoms with Crippen molar-refractivity contribution in [2.45, 2.75) is 46.6 Å². The number of carbonyl (C=O) groups is 1. The maximum Gasteiger partial charge on any atom is 0.305 e. The highest BCUT2D eigenvalue weighted by Gasteiger charge is 2.14. The van der Waals surface area contributed by atoms with E-state index in [1.807, 2.05) is 20.8 Å². The number of esters is 1. The minimum absolute atomic E-state index is 0.00270. The molecule has 0 radical (unpaired) electrons. The summed E-state index contributed by atoms with van der Waals surface area (Å²) in [4.78, 5) is 11.3. The normalized spacial score (nSPS) is 11.6. The van der Waals surface area contributed by atoms with Gasteiger partial charge in [-0.1, -0.05) is 0 Å². The van der Waals surface area contributed by atoms with E-state index in [9.17, 15) is 10.1 Å². The monoisotopic (exact) mass is 276 g/mol. The molecule has 0 aliphatic carbocycles. The topological polar surface area (TPSA) is 87.9 Å². The van der Waals surface area contributed by atoms with Gasteiger partial charge in [0.15, 0.2) is 5.82 Å². The van der Waals surface area contributed by atoms with Gasteiger partial charge >= 0.3 is 5.97 Å². The molecular weight excluding hydrogens is 256 g/mol. The van der Waals surface area contributed by atoms with Crippen molar-refractivity contribution >= 4 is 11.8 Å². The summed E-state index contributed by atoms with van der Waals surface area (Å²) in [5.74, 6) is 0.250. The molecule has 1 aromatic rings. The molecule has 0 aliphatic rings. The van der Waals surface area contributed by atoms with Gasteiger partial charge in [-0.3, -0.25) is 4.79 Å². The Morgan fingerprint density at radius 2 is 2.15 bits per heavy atom. The molecule has 1 heterocycles. The zero-order valence-electron chi connectivity index (χ0n) is 12.4.